The Bertz CT molecular complexity index is 1040. The van der Waals surface area contributed by atoms with Gasteiger partial charge in [-0.1, -0.05) is 64.0 Å². The van der Waals surface area contributed by atoms with Crippen LogP contribution in [0.15, 0.2) is 83.3 Å². The van der Waals surface area contributed by atoms with Gasteiger partial charge in [0.15, 0.2) is 0 Å². The Balaban J connectivity index is 1.85. The van der Waals surface area contributed by atoms with E-state index in [0.29, 0.717) is 0 Å². The lowest BCUT2D eigenvalue weighted by molar-refractivity contribution is 1.39. The highest BCUT2D eigenvalue weighted by Crippen LogP contribution is 2.31. The number of hydrogen-bond acceptors (Lipinski definition) is 2. The predicted molar refractivity (Wildman–Crippen MR) is 109 cm³/mol. The molecule has 3 heteroatoms. The molecule has 1 heterocycles. The lowest BCUT2D eigenvalue weighted by Gasteiger charge is -2.12. The lowest BCUT2D eigenvalue weighted by atomic mass is 10.1. The van der Waals surface area contributed by atoms with E-state index in [9.17, 15) is 0 Å². The van der Waals surface area contributed by atoms with E-state index >= 15 is 0 Å². The summed E-state index contributed by atoms with van der Waals surface area (Å²) in [6.45, 7) is 2.09. The number of hydrogen-bond donors (Lipinski definition) is 1. The van der Waals surface area contributed by atoms with Gasteiger partial charge in [-0.3, -0.25) is 0 Å². The zero-order valence-corrected chi connectivity index (χ0v) is 15.4. The molecular formula is C22H17BrN2. The van der Waals surface area contributed by atoms with Crippen molar-refractivity contribution in [3.63, 3.8) is 0 Å². The average Bonchev–Trinajstić information content (AvgIpc) is 2.63. The van der Waals surface area contributed by atoms with Crippen LogP contribution in [0.2, 0.25) is 0 Å². The van der Waals surface area contributed by atoms with E-state index < -0.39 is 0 Å². The minimum Gasteiger partial charge on any atom is -0.355 e. The molecule has 0 bridgehead atoms. The number of halogens is 1. The third-order valence-corrected chi connectivity index (χ3v) is 4.66. The number of benzene rings is 3. The Morgan fingerprint density at radius 2 is 1.64 bits per heavy atom. The van der Waals surface area contributed by atoms with Gasteiger partial charge >= 0.3 is 0 Å². The second-order valence-corrected chi connectivity index (χ2v) is 6.99. The van der Waals surface area contributed by atoms with Gasteiger partial charge in [0, 0.05) is 21.1 Å². The Labute approximate surface area is 155 Å². The minimum absolute atomic E-state index is 0.953. The molecule has 0 saturated carbocycles. The fourth-order valence-electron chi connectivity index (χ4n) is 2.87. The predicted octanol–water partition coefficient (Wildman–Crippen LogP) is 6.72. The van der Waals surface area contributed by atoms with Gasteiger partial charge in [-0.15, -0.1) is 0 Å². The van der Waals surface area contributed by atoms with Crippen LogP contribution >= 0.6 is 15.9 Å². The van der Waals surface area contributed by atoms with Crippen LogP contribution in [-0.4, -0.2) is 4.98 Å². The van der Waals surface area contributed by atoms with Crippen LogP contribution in [-0.2, 0) is 0 Å². The molecule has 25 heavy (non-hydrogen) atoms. The monoisotopic (exact) mass is 388 g/mol. The third kappa shape index (κ3) is 3.42. The second kappa shape index (κ2) is 6.69. The quantitative estimate of drug-likeness (QED) is 0.421. The summed E-state index contributed by atoms with van der Waals surface area (Å²) in [5, 5.41) is 4.66. The highest BCUT2D eigenvalue weighted by molar-refractivity contribution is 9.10. The van der Waals surface area contributed by atoms with Crippen molar-refractivity contribution in [2.45, 2.75) is 6.92 Å². The summed E-state index contributed by atoms with van der Waals surface area (Å²) in [6, 6.07) is 27.0. The van der Waals surface area contributed by atoms with E-state index in [1.54, 1.807) is 0 Å². The molecule has 3 aromatic carbocycles. The van der Waals surface area contributed by atoms with Gasteiger partial charge in [0.05, 0.1) is 16.9 Å². The van der Waals surface area contributed by atoms with E-state index in [1.165, 1.54) is 5.56 Å². The highest BCUT2D eigenvalue weighted by Gasteiger charge is 2.08. The van der Waals surface area contributed by atoms with E-state index in [4.69, 9.17) is 4.98 Å². The van der Waals surface area contributed by atoms with Crippen LogP contribution in [0.25, 0.3) is 22.2 Å². The molecule has 0 aliphatic heterocycles. The molecule has 0 unspecified atom stereocenters. The van der Waals surface area contributed by atoms with Crippen molar-refractivity contribution >= 4 is 38.2 Å². The van der Waals surface area contributed by atoms with Gasteiger partial charge in [0.1, 0.15) is 0 Å². The number of pyridine rings is 1. The van der Waals surface area contributed by atoms with Gasteiger partial charge in [-0.25, -0.2) is 4.98 Å². The standard InChI is InChI=1S/C22H17BrN2/c1-15-9-11-18(12-10-15)24-22-14-21(16-5-4-6-17(23)13-16)25-20-8-3-2-7-19(20)22/h2-14H,1H3,(H,24,25). The molecular weight excluding hydrogens is 372 g/mol. The zero-order valence-electron chi connectivity index (χ0n) is 13.8. The maximum absolute atomic E-state index is 4.84. The number of fused-ring (bicyclic) bond motifs is 1. The highest BCUT2D eigenvalue weighted by atomic mass is 79.9. The van der Waals surface area contributed by atoms with E-state index in [0.717, 1.165) is 38.0 Å². The fourth-order valence-corrected chi connectivity index (χ4v) is 3.27. The van der Waals surface area contributed by atoms with Crippen molar-refractivity contribution in [2.75, 3.05) is 5.32 Å². The van der Waals surface area contributed by atoms with Crippen LogP contribution in [0.5, 0.6) is 0 Å². The molecule has 2 nitrogen and oxygen atoms in total. The van der Waals surface area contributed by atoms with E-state index in [1.807, 2.05) is 24.3 Å². The lowest BCUT2D eigenvalue weighted by Crippen LogP contribution is -1.95. The zero-order chi connectivity index (χ0) is 17.2. The van der Waals surface area contributed by atoms with Gasteiger partial charge in [-0.05, 0) is 43.3 Å². The molecule has 0 fully saturated rings. The topological polar surface area (TPSA) is 24.9 Å². The second-order valence-electron chi connectivity index (χ2n) is 6.07. The summed E-state index contributed by atoms with van der Waals surface area (Å²) >= 11 is 3.54. The van der Waals surface area contributed by atoms with Crippen LogP contribution < -0.4 is 5.32 Å². The van der Waals surface area contributed by atoms with Crippen molar-refractivity contribution in [1.29, 1.82) is 0 Å². The van der Waals surface area contributed by atoms with Gasteiger partial charge in [-0.2, -0.15) is 0 Å². The van der Waals surface area contributed by atoms with Crippen LogP contribution in [0.4, 0.5) is 11.4 Å². The SMILES string of the molecule is Cc1ccc(Nc2cc(-c3cccc(Br)c3)nc3ccccc23)cc1. The minimum atomic E-state index is 0.953. The van der Waals surface area contributed by atoms with Gasteiger partial charge in [0.25, 0.3) is 0 Å². The molecule has 1 N–H and O–H groups in total. The Morgan fingerprint density at radius 3 is 2.44 bits per heavy atom. The number of para-hydroxylation sites is 1. The average molecular weight is 389 g/mol. The van der Waals surface area contributed by atoms with Crippen LogP contribution in [0.3, 0.4) is 0 Å². The summed E-state index contributed by atoms with van der Waals surface area (Å²) in [7, 11) is 0. The summed E-state index contributed by atoms with van der Waals surface area (Å²) in [6.07, 6.45) is 0. The number of anilines is 2. The third-order valence-electron chi connectivity index (χ3n) is 4.17. The number of aryl methyl sites for hydroxylation is 1. The fraction of sp³-hybridized carbons (Fsp3) is 0.0455. The number of aromatic nitrogens is 1. The first-order valence-electron chi connectivity index (χ1n) is 8.18. The first-order valence-corrected chi connectivity index (χ1v) is 8.98. The van der Waals surface area contributed by atoms with Gasteiger partial charge in [0.2, 0.25) is 0 Å². The first-order chi connectivity index (χ1) is 12.2. The molecule has 0 atom stereocenters. The molecule has 4 aromatic rings. The molecule has 0 aliphatic rings. The summed E-state index contributed by atoms with van der Waals surface area (Å²) in [5.74, 6) is 0. The molecule has 0 radical (unpaired) electrons. The van der Waals surface area contributed by atoms with Crippen molar-refractivity contribution < 1.29 is 0 Å². The van der Waals surface area contributed by atoms with Crippen molar-refractivity contribution in [1.82, 2.24) is 4.98 Å². The van der Waals surface area contributed by atoms with Crippen LogP contribution in [0, 0.1) is 6.92 Å². The molecule has 1 aromatic heterocycles. The molecule has 0 amide bonds. The number of nitrogens with zero attached hydrogens (tertiary/aromatic N) is 1. The molecule has 4 rings (SSSR count). The Morgan fingerprint density at radius 1 is 0.840 bits per heavy atom. The number of rotatable bonds is 3. The smallest absolute Gasteiger partial charge is 0.0730 e. The van der Waals surface area contributed by atoms with Gasteiger partial charge < -0.3 is 5.32 Å². The van der Waals surface area contributed by atoms with Crippen LogP contribution in [0.1, 0.15) is 5.56 Å². The Hall–Kier alpha value is -2.65. The molecule has 0 spiro atoms. The maximum Gasteiger partial charge on any atom is 0.0730 e. The van der Waals surface area contributed by atoms with Crippen molar-refractivity contribution in [3.05, 3.63) is 88.9 Å². The Kier molecular flexibility index (Phi) is 4.24. The first kappa shape index (κ1) is 15.9. The molecule has 122 valence electrons. The largest absolute Gasteiger partial charge is 0.355 e. The molecule has 0 aliphatic carbocycles. The van der Waals surface area contributed by atoms with E-state index in [-0.39, 0.29) is 0 Å². The van der Waals surface area contributed by atoms with E-state index in [2.05, 4.69) is 82.8 Å². The van der Waals surface area contributed by atoms with Crippen molar-refractivity contribution in [3.8, 4) is 11.3 Å². The summed E-state index contributed by atoms with van der Waals surface area (Å²) in [5.41, 5.74) is 6.41. The summed E-state index contributed by atoms with van der Waals surface area (Å²) in [4.78, 5) is 4.84. The maximum atomic E-state index is 4.84. The molecule has 0 saturated heterocycles. The summed E-state index contributed by atoms with van der Waals surface area (Å²) < 4.78 is 1.05. The van der Waals surface area contributed by atoms with Crippen molar-refractivity contribution in [2.24, 2.45) is 0 Å². The number of nitrogens with one attached hydrogen (secondary N) is 1. The normalized spacial score (nSPS) is 10.8.